The van der Waals surface area contributed by atoms with Crippen LogP contribution in [0.4, 0.5) is 0 Å². The van der Waals surface area contributed by atoms with Crippen molar-refractivity contribution in [3.05, 3.63) is 46.0 Å². The van der Waals surface area contributed by atoms with Crippen molar-refractivity contribution in [2.24, 2.45) is 0 Å². The zero-order chi connectivity index (χ0) is 10.8. The summed E-state index contributed by atoms with van der Waals surface area (Å²) in [5.74, 6) is -1.46. The van der Waals surface area contributed by atoms with E-state index in [1.165, 1.54) is 12.1 Å². The molecule has 1 aromatic carbocycles. The molecule has 76 valence electrons. The van der Waals surface area contributed by atoms with E-state index < -0.39 is 16.4 Å². The quantitative estimate of drug-likeness (QED) is 0.376. The Morgan fingerprint density at radius 2 is 1.93 bits per heavy atom. The van der Waals surface area contributed by atoms with E-state index in [1.807, 2.05) is 0 Å². The molecule has 0 aliphatic heterocycles. The first-order valence-corrected chi connectivity index (χ1v) is 3.93. The molecule has 0 aliphatic carbocycles. The molecule has 0 aromatic heterocycles. The monoisotopic (exact) mass is 219 g/mol. The van der Waals surface area contributed by atoms with Crippen LogP contribution in [0.5, 0.6) is 0 Å². The molecule has 5 nitrogen and oxygen atoms in total. The van der Waals surface area contributed by atoms with Crippen LogP contribution in [0.15, 0.2) is 30.3 Å². The number of carbonyl (C=O) groups is 1. The van der Waals surface area contributed by atoms with Gasteiger partial charge in [-0.25, -0.2) is 4.79 Å². The van der Waals surface area contributed by atoms with Gasteiger partial charge in [-0.05, 0) is 0 Å². The van der Waals surface area contributed by atoms with Crippen LogP contribution in [-0.2, 0) is 10.3 Å². The number of carboxylic acids is 1. The van der Waals surface area contributed by atoms with Crippen molar-refractivity contribution in [2.75, 3.05) is 0 Å². The molecule has 0 radical (unpaired) electrons. The van der Waals surface area contributed by atoms with Gasteiger partial charge in [-0.3, -0.25) is 10.1 Å². The summed E-state index contributed by atoms with van der Waals surface area (Å²) in [6.45, 7) is 1.07. The van der Waals surface area contributed by atoms with Crippen molar-refractivity contribution in [1.82, 2.24) is 0 Å². The largest absolute Gasteiger partial charge is 1.00 e. The fraction of sp³-hybridized carbons (Fsp3) is 0.222. The van der Waals surface area contributed by atoms with Gasteiger partial charge in [-0.1, -0.05) is 30.3 Å². The van der Waals surface area contributed by atoms with Crippen molar-refractivity contribution < 1.29 is 45.8 Å². The maximum absolute atomic E-state index is 10.8. The molecule has 1 N–H and O–H groups in total. The molecule has 0 saturated heterocycles. The second-order valence-electron chi connectivity index (χ2n) is 3.00. The smallest absolute Gasteiger partial charge is 1.00 e. The molecule has 0 saturated carbocycles. The van der Waals surface area contributed by atoms with Gasteiger partial charge in [0.05, 0.1) is 0 Å². The van der Waals surface area contributed by atoms with E-state index in [-0.39, 0.29) is 36.5 Å². The third-order valence-electron chi connectivity index (χ3n) is 2.12. The number of aliphatic carboxylic acids is 1. The predicted molar refractivity (Wildman–Crippen MR) is 49.5 cm³/mol. The van der Waals surface area contributed by atoms with Gasteiger partial charge in [0.15, 0.2) is 0 Å². The number of benzene rings is 1. The number of hydrogen-bond acceptors (Lipinski definition) is 3. The Hall–Kier alpha value is -0.910. The van der Waals surface area contributed by atoms with E-state index in [0.29, 0.717) is 0 Å². The molecule has 0 aliphatic rings. The summed E-state index contributed by atoms with van der Waals surface area (Å²) in [7, 11) is 0. The van der Waals surface area contributed by atoms with Crippen LogP contribution < -0.4 is 29.6 Å². The summed E-state index contributed by atoms with van der Waals surface area (Å²) in [5, 5.41) is 19.5. The van der Waals surface area contributed by atoms with Gasteiger partial charge in [0.1, 0.15) is 0 Å². The Bertz CT molecular complexity index is 357. The van der Waals surface area contributed by atoms with Crippen LogP contribution in [0.1, 0.15) is 13.9 Å². The third kappa shape index (κ3) is 2.56. The van der Waals surface area contributed by atoms with E-state index >= 15 is 0 Å². The first kappa shape index (κ1) is 14.1. The molecule has 1 atom stereocenters. The molecule has 15 heavy (non-hydrogen) atoms. The van der Waals surface area contributed by atoms with E-state index in [2.05, 4.69) is 0 Å². The minimum atomic E-state index is -2.07. The standard InChI is InChI=1S/C9H9NO4.Na.H/c1-9(8(11)12,10(13)14)7-5-3-2-4-6-7;;/h2-6H,1H3,(H,11,12);;/q;+1;-1. The van der Waals surface area contributed by atoms with Gasteiger partial charge < -0.3 is 6.53 Å². The number of nitrogens with zero attached hydrogens (tertiary/aromatic N) is 1. The van der Waals surface area contributed by atoms with E-state index in [4.69, 9.17) is 5.11 Å². The average molecular weight is 219 g/mol. The van der Waals surface area contributed by atoms with Crippen molar-refractivity contribution >= 4 is 5.97 Å². The number of carboxylic acid groups (broad SMARTS) is 1. The van der Waals surface area contributed by atoms with Crippen LogP contribution in [0.3, 0.4) is 0 Å². The summed E-state index contributed by atoms with van der Waals surface area (Å²) < 4.78 is 0. The molecular formula is C9H10NNaO4. The molecule has 6 heteroatoms. The third-order valence-corrected chi connectivity index (χ3v) is 2.12. The van der Waals surface area contributed by atoms with Crippen LogP contribution in [0.25, 0.3) is 0 Å². The summed E-state index contributed by atoms with van der Waals surface area (Å²) in [6.07, 6.45) is 0. The van der Waals surface area contributed by atoms with E-state index in [0.717, 1.165) is 6.92 Å². The van der Waals surface area contributed by atoms with Gasteiger partial charge in [-0.2, -0.15) is 0 Å². The maximum atomic E-state index is 10.8. The van der Waals surface area contributed by atoms with Crippen molar-refractivity contribution in [3.8, 4) is 0 Å². The Morgan fingerprint density at radius 1 is 1.47 bits per heavy atom. The predicted octanol–water partition coefficient (Wildman–Crippen LogP) is -1.62. The Labute approximate surface area is 110 Å². The van der Waals surface area contributed by atoms with Crippen LogP contribution in [0.2, 0.25) is 0 Å². The molecule has 0 fully saturated rings. The minimum absolute atomic E-state index is 0. The summed E-state index contributed by atoms with van der Waals surface area (Å²) in [6, 6.07) is 7.67. The fourth-order valence-electron chi connectivity index (χ4n) is 1.07. The van der Waals surface area contributed by atoms with Gasteiger partial charge in [0.2, 0.25) is 0 Å². The number of rotatable bonds is 3. The topological polar surface area (TPSA) is 80.4 Å². The SMILES string of the molecule is CC(C(=O)O)(c1ccccc1)[N+](=O)[O-].[H-].[Na+]. The molecule has 0 heterocycles. The van der Waals surface area contributed by atoms with Gasteiger partial charge in [0.25, 0.3) is 0 Å². The fourth-order valence-corrected chi connectivity index (χ4v) is 1.07. The van der Waals surface area contributed by atoms with E-state index in [9.17, 15) is 14.9 Å². The molecular weight excluding hydrogens is 209 g/mol. The van der Waals surface area contributed by atoms with Crippen LogP contribution >= 0.6 is 0 Å². The van der Waals surface area contributed by atoms with Crippen molar-refractivity contribution in [1.29, 1.82) is 0 Å². The Balaban J connectivity index is 0. The summed E-state index contributed by atoms with van der Waals surface area (Å²) >= 11 is 0. The average Bonchev–Trinajstić information content (AvgIpc) is 2.17. The number of nitro groups is 1. The van der Waals surface area contributed by atoms with E-state index in [1.54, 1.807) is 18.2 Å². The van der Waals surface area contributed by atoms with Crippen molar-refractivity contribution in [2.45, 2.75) is 12.5 Å². The second-order valence-corrected chi connectivity index (χ2v) is 3.00. The Morgan fingerprint density at radius 3 is 2.27 bits per heavy atom. The van der Waals surface area contributed by atoms with Crippen molar-refractivity contribution in [3.63, 3.8) is 0 Å². The maximum Gasteiger partial charge on any atom is 1.00 e. The molecule has 1 unspecified atom stereocenters. The summed E-state index contributed by atoms with van der Waals surface area (Å²) in [4.78, 5) is 20.7. The number of hydrogen-bond donors (Lipinski definition) is 1. The molecule has 0 spiro atoms. The molecule has 1 rings (SSSR count). The Kier molecular flexibility index (Phi) is 4.93. The second kappa shape index (κ2) is 5.25. The van der Waals surface area contributed by atoms with Gasteiger partial charge >= 0.3 is 41.1 Å². The van der Waals surface area contributed by atoms with Gasteiger partial charge in [-0.15, -0.1) is 0 Å². The van der Waals surface area contributed by atoms with Crippen LogP contribution in [0, 0.1) is 10.1 Å². The molecule has 1 aromatic rings. The zero-order valence-electron chi connectivity index (χ0n) is 9.51. The molecule has 0 bridgehead atoms. The normalized spacial score (nSPS) is 13.4. The summed E-state index contributed by atoms with van der Waals surface area (Å²) in [5.41, 5.74) is -1.90. The van der Waals surface area contributed by atoms with Gasteiger partial charge in [0, 0.05) is 17.4 Å². The first-order chi connectivity index (χ1) is 6.49. The zero-order valence-corrected chi connectivity index (χ0v) is 10.5. The van der Waals surface area contributed by atoms with Crippen LogP contribution in [-0.4, -0.2) is 16.0 Å². The minimum Gasteiger partial charge on any atom is -1.00 e. The molecule has 0 amide bonds. The first-order valence-electron chi connectivity index (χ1n) is 3.93.